The van der Waals surface area contributed by atoms with E-state index in [1.54, 1.807) is 6.20 Å². The number of aromatic amines is 1. The topological polar surface area (TPSA) is 81.2 Å². The molecule has 0 bridgehead atoms. The summed E-state index contributed by atoms with van der Waals surface area (Å²) < 4.78 is 5.27. The van der Waals surface area contributed by atoms with E-state index < -0.39 is 0 Å². The molecule has 0 aliphatic carbocycles. The van der Waals surface area contributed by atoms with Crippen molar-refractivity contribution in [2.75, 3.05) is 12.5 Å². The second-order valence-corrected chi connectivity index (χ2v) is 4.99. The number of nitrogen functional groups attached to an aromatic ring is 1. The van der Waals surface area contributed by atoms with Crippen LogP contribution in [-0.2, 0) is 0 Å². The maximum Gasteiger partial charge on any atom is 0.357 e. The molecular weight excluding hydrogens is 290 g/mol. The van der Waals surface area contributed by atoms with Crippen molar-refractivity contribution < 1.29 is 4.74 Å². The van der Waals surface area contributed by atoms with Gasteiger partial charge in [-0.1, -0.05) is 0 Å². The van der Waals surface area contributed by atoms with Gasteiger partial charge in [-0.05, 0) is 43.3 Å². The molecule has 0 aliphatic rings. The van der Waals surface area contributed by atoms with E-state index in [0.717, 1.165) is 28.2 Å². The van der Waals surface area contributed by atoms with Gasteiger partial charge >= 0.3 is 6.73 Å². The Morgan fingerprint density at radius 2 is 2.00 bits per heavy atom. The molecule has 3 aromatic rings. The molecule has 0 saturated heterocycles. The minimum absolute atomic E-state index is 0.0118. The number of nitrogens with two attached hydrogens (primary N) is 1. The monoisotopic (exact) mass is 305 g/mol. The van der Waals surface area contributed by atoms with Gasteiger partial charge in [-0.25, -0.2) is 11.6 Å². The van der Waals surface area contributed by atoms with Gasteiger partial charge in [0.25, 0.3) is 0 Å². The highest BCUT2D eigenvalue weighted by Crippen LogP contribution is 2.31. The molecule has 2 aromatic heterocycles. The molecule has 6 nitrogen and oxygen atoms in total. The fraction of sp³-hybridized carbons (Fsp3) is 0.118. The molecule has 6 heteroatoms. The lowest BCUT2D eigenvalue weighted by molar-refractivity contribution is 0.361. The second-order valence-electron chi connectivity index (χ2n) is 4.99. The number of rotatable bonds is 4. The lowest BCUT2D eigenvalue weighted by atomic mass is 10.1. The number of aromatic nitrogens is 3. The number of anilines is 1. The van der Waals surface area contributed by atoms with Gasteiger partial charge < -0.3 is 15.5 Å². The number of hydrogen-bond acceptors (Lipinski definition) is 4. The van der Waals surface area contributed by atoms with Crippen LogP contribution in [0.1, 0.15) is 5.69 Å². The van der Waals surface area contributed by atoms with Crippen molar-refractivity contribution in [3.8, 4) is 28.3 Å². The predicted molar refractivity (Wildman–Crippen MR) is 88.5 cm³/mol. The first-order valence-corrected chi connectivity index (χ1v) is 7.02. The highest BCUT2D eigenvalue weighted by molar-refractivity contribution is 5.79. The molecule has 1 aromatic carbocycles. The van der Waals surface area contributed by atoms with Gasteiger partial charge in [-0.3, -0.25) is 9.83 Å². The Bertz CT molecular complexity index is 861. The van der Waals surface area contributed by atoms with Crippen LogP contribution in [0.15, 0.2) is 42.6 Å². The Morgan fingerprint density at radius 3 is 2.70 bits per heavy atom. The minimum atomic E-state index is 0.0118. The maximum absolute atomic E-state index is 6.74. The van der Waals surface area contributed by atoms with E-state index in [-0.39, 0.29) is 6.73 Å². The first-order valence-electron chi connectivity index (χ1n) is 7.02. The average Bonchev–Trinajstić information content (AvgIpc) is 2.95. The largest absolute Gasteiger partial charge is 0.426 e. The van der Waals surface area contributed by atoms with Crippen molar-refractivity contribution in [2.45, 2.75) is 6.92 Å². The molecule has 3 N–H and O–H groups in total. The first kappa shape index (κ1) is 14.6. The van der Waals surface area contributed by atoms with Crippen LogP contribution in [0.3, 0.4) is 0 Å². The van der Waals surface area contributed by atoms with Crippen LogP contribution in [0.4, 0.5) is 5.95 Å². The number of aryl methyl sites for hydroxylation is 1. The van der Waals surface area contributed by atoms with Crippen molar-refractivity contribution in [3.05, 3.63) is 59.7 Å². The third-order valence-electron chi connectivity index (χ3n) is 3.33. The summed E-state index contributed by atoms with van der Waals surface area (Å²) in [4.78, 5) is 14.9. The highest BCUT2D eigenvalue weighted by atomic mass is 16.5. The van der Waals surface area contributed by atoms with Crippen LogP contribution in [0.5, 0.6) is 5.75 Å². The zero-order valence-electron chi connectivity index (χ0n) is 12.6. The number of H-pyrrole nitrogens is 1. The van der Waals surface area contributed by atoms with Gasteiger partial charge in [-0.2, -0.15) is 0 Å². The molecule has 114 valence electrons. The number of nitrogens with one attached hydrogen (secondary N) is 1. The van der Waals surface area contributed by atoms with Crippen LogP contribution in [0.25, 0.3) is 27.4 Å². The van der Waals surface area contributed by atoms with Crippen molar-refractivity contribution in [2.24, 2.45) is 0 Å². The zero-order chi connectivity index (χ0) is 16.2. The van der Waals surface area contributed by atoms with Gasteiger partial charge in [0.15, 0.2) is 5.95 Å². The Labute approximate surface area is 133 Å². The van der Waals surface area contributed by atoms with Crippen molar-refractivity contribution >= 4 is 5.95 Å². The molecular formula is C17H15N5O. The molecule has 0 unspecified atom stereocenters. The van der Waals surface area contributed by atoms with E-state index in [2.05, 4.69) is 19.8 Å². The van der Waals surface area contributed by atoms with Crippen molar-refractivity contribution in [1.29, 1.82) is 0 Å². The van der Waals surface area contributed by atoms with Crippen LogP contribution in [0.2, 0.25) is 0 Å². The predicted octanol–water partition coefficient (Wildman–Crippen LogP) is 3.28. The normalized spacial score (nSPS) is 10.3. The lowest BCUT2D eigenvalue weighted by Gasteiger charge is -2.05. The van der Waals surface area contributed by atoms with Crippen LogP contribution in [-0.4, -0.2) is 21.7 Å². The fourth-order valence-corrected chi connectivity index (χ4v) is 2.33. The molecule has 23 heavy (non-hydrogen) atoms. The van der Waals surface area contributed by atoms with Crippen LogP contribution >= 0.6 is 0 Å². The Hall–Kier alpha value is -3.33. The molecule has 0 saturated carbocycles. The summed E-state index contributed by atoms with van der Waals surface area (Å²) in [7, 11) is 0. The van der Waals surface area contributed by atoms with Gasteiger partial charge in [-0.15, -0.1) is 0 Å². The van der Waals surface area contributed by atoms with Gasteiger partial charge in [0, 0.05) is 23.0 Å². The zero-order valence-corrected chi connectivity index (χ0v) is 12.6. The van der Waals surface area contributed by atoms with Crippen LogP contribution < -0.4 is 10.5 Å². The molecule has 0 radical (unpaired) electrons. The van der Waals surface area contributed by atoms with Gasteiger partial charge in [0.05, 0.1) is 11.4 Å². The third-order valence-corrected chi connectivity index (χ3v) is 3.33. The molecule has 0 atom stereocenters. The smallest absolute Gasteiger partial charge is 0.357 e. The van der Waals surface area contributed by atoms with Gasteiger partial charge in [0.1, 0.15) is 5.75 Å². The second kappa shape index (κ2) is 6.20. The summed E-state index contributed by atoms with van der Waals surface area (Å²) in [5.41, 5.74) is 10.3. The van der Waals surface area contributed by atoms with E-state index in [1.807, 2.05) is 43.3 Å². The summed E-state index contributed by atoms with van der Waals surface area (Å²) in [5.74, 6) is 1.01. The quantitative estimate of drug-likeness (QED) is 0.725. The summed E-state index contributed by atoms with van der Waals surface area (Å²) in [5, 5.41) is 0. The standard InChI is InChI=1S/C17H15N5O/c1-11-9-13(7-8-20-11)16-15(21-17(18)22-16)12-3-5-14(6-4-12)23-10-19-2/h3-9H,10H2,1H3,(H3,18,21,22). The third kappa shape index (κ3) is 3.14. The Balaban J connectivity index is 1.99. The average molecular weight is 305 g/mol. The summed E-state index contributed by atoms with van der Waals surface area (Å²) >= 11 is 0. The van der Waals surface area contributed by atoms with Crippen LogP contribution in [0, 0.1) is 13.5 Å². The number of ether oxygens (including phenoxy) is 1. The molecule has 0 amide bonds. The number of imidazole rings is 1. The van der Waals surface area contributed by atoms with E-state index in [9.17, 15) is 0 Å². The molecule has 0 aliphatic heterocycles. The molecule has 0 spiro atoms. The summed E-state index contributed by atoms with van der Waals surface area (Å²) in [6.07, 6.45) is 1.75. The van der Waals surface area contributed by atoms with E-state index in [1.165, 1.54) is 0 Å². The summed E-state index contributed by atoms with van der Waals surface area (Å²) in [6, 6.07) is 11.3. The van der Waals surface area contributed by atoms with E-state index in [4.69, 9.17) is 17.0 Å². The summed E-state index contributed by atoms with van der Waals surface area (Å²) in [6.45, 7) is 8.68. The minimum Gasteiger partial charge on any atom is -0.426 e. The van der Waals surface area contributed by atoms with E-state index in [0.29, 0.717) is 11.7 Å². The molecule has 0 fully saturated rings. The molecule has 2 heterocycles. The van der Waals surface area contributed by atoms with Crippen molar-refractivity contribution in [1.82, 2.24) is 15.0 Å². The maximum atomic E-state index is 6.74. The highest BCUT2D eigenvalue weighted by Gasteiger charge is 2.13. The molecule has 3 rings (SSSR count). The Kier molecular flexibility index (Phi) is 3.93. The SMILES string of the molecule is [C-]#[N+]COc1ccc(-c2[nH]c(N)nc2-c2ccnc(C)c2)cc1. The number of hydrogen-bond donors (Lipinski definition) is 2. The number of pyridine rings is 1. The van der Waals surface area contributed by atoms with Gasteiger partial charge in [0.2, 0.25) is 0 Å². The first-order chi connectivity index (χ1) is 11.2. The Morgan fingerprint density at radius 1 is 1.22 bits per heavy atom. The lowest BCUT2D eigenvalue weighted by Crippen LogP contribution is -1.91. The van der Waals surface area contributed by atoms with E-state index >= 15 is 0 Å². The fourth-order valence-electron chi connectivity index (χ4n) is 2.33. The van der Waals surface area contributed by atoms with Crippen molar-refractivity contribution in [3.63, 3.8) is 0 Å². The number of nitrogens with zero attached hydrogens (tertiary/aromatic N) is 3. The number of benzene rings is 1.